The molecule has 1 aromatic carbocycles. The molecule has 0 bridgehead atoms. The average molecular weight is 390 g/mol. The third-order valence-corrected chi connectivity index (χ3v) is 3.82. The largest absolute Gasteiger partial charge is 0.287 e. The van der Waals surface area contributed by atoms with Crippen LogP contribution in [0, 0.1) is 5.82 Å². The zero-order chi connectivity index (χ0) is 14.2. The van der Waals surface area contributed by atoms with E-state index < -0.39 is 5.82 Å². The van der Waals surface area contributed by atoms with Crippen LogP contribution in [-0.4, -0.2) is 15.6 Å². The van der Waals surface area contributed by atoms with Gasteiger partial charge in [-0.1, -0.05) is 0 Å². The first kappa shape index (κ1) is 14.4. The molecule has 1 heterocycles. The van der Waals surface area contributed by atoms with E-state index in [1.165, 1.54) is 18.2 Å². The molecule has 100 valence electrons. The molecular formula is C13H11Br2FN2O. The number of aromatic nitrogens is 2. The molecule has 0 saturated heterocycles. The van der Waals surface area contributed by atoms with E-state index in [-0.39, 0.29) is 16.3 Å². The van der Waals surface area contributed by atoms with Crippen molar-refractivity contribution < 1.29 is 9.18 Å². The fourth-order valence-corrected chi connectivity index (χ4v) is 2.55. The van der Waals surface area contributed by atoms with Crippen LogP contribution in [0.3, 0.4) is 0 Å². The highest BCUT2D eigenvalue weighted by molar-refractivity contribution is 9.10. The number of hydrogen-bond donors (Lipinski definition) is 0. The lowest BCUT2D eigenvalue weighted by Crippen LogP contribution is -2.14. The molecule has 0 fully saturated rings. The lowest BCUT2D eigenvalue weighted by Gasteiger charge is -2.11. The molecule has 6 heteroatoms. The van der Waals surface area contributed by atoms with Crippen molar-refractivity contribution in [2.24, 2.45) is 0 Å². The molecule has 3 nitrogen and oxygen atoms in total. The number of ketones is 1. The summed E-state index contributed by atoms with van der Waals surface area (Å²) in [5.41, 5.74) is 0.880. The summed E-state index contributed by atoms with van der Waals surface area (Å²) >= 11 is 6.41. The summed E-state index contributed by atoms with van der Waals surface area (Å²) in [4.78, 5) is 12.5. The second-order valence-corrected chi connectivity index (χ2v) is 6.05. The molecule has 0 aliphatic rings. The van der Waals surface area contributed by atoms with Crippen molar-refractivity contribution in [3.63, 3.8) is 0 Å². The van der Waals surface area contributed by atoms with E-state index in [1.807, 2.05) is 13.8 Å². The van der Waals surface area contributed by atoms with Crippen LogP contribution in [0.25, 0.3) is 0 Å². The van der Waals surface area contributed by atoms with Gasteiger partial charge >= 0.3 is 0 Å². The Labute approximate surface area is 127 Å². The van der Waals surface area contributed by atoms with Crippen LogP contribution < -0.4 is 0 Å². The Kier molecular flexibility index (Phi) is 4.20. The fourth-order valence-electron chi connectivity index (χ4n) is 1.72. The zero-order valence-corrected chi connectivity index (χ0v) is 13.5. The minimum atomic E-state index is -0.395. The fraction of sp³-hybridized carbons (Fsp3) is 0.231. The molecule has 0 radical (unpaired) electrons. The quantitative estimate of drug-likeness (QED) is 0.731. The van der Waals surface area contributed by atoms with E-state index in [4.69, 9.17) is 0 Å². The molecule has 0 saturated carbocycles. The van der Waals surface area contributed by atoms with E-state index in [0.29, 0.717) is 15.7 Å². The van der Waals surface area contributed by atoms with Crippen molar-refractivity contribution in [3.8, 4) is 0 Å². The number of carbonyl (C=O) groups is 1. The Morgan fingerprint density at radius 1 is 1.32 bits per heavy atom. The van der Waals surface area contributed by atoms with Gasteiger partial charge in [0.05, 0.1) is 15.1 Å². The Hall–Kier alpha value is -1.01. The molecule has 0 amide bonds. The third-order valence-electron chi connectivity index (χ3n) is 2.64. The molecule has 2 aromatic rings. The first-order chi connectivity index (χ1) is 8.91. The van der Waals surface area contributed by atoms with E-state index in [1.54, 1.807) is 10.9 Å². The van der Waals surface area contributed by atoms with Gasteiger partial charge in [-0.2, -0.15) is 5.10 Å². The SMILES string of the molecule is CC(C)n1ncc(Br)c1C(=O)c1ccc(F)c(Br)c1. The molecule has 0 aliphatic heterocycles. The lowest BCUT2D eigenvalue weighted by molar-refractivity contribution is 0.102. The summed E-state index contributed by atoms with van der Waals surface area (Å²) in [7, 11) is 0. The molecule has 1 aromatic heterocycles. The Balaban J connectivity index is 2.49. The van der Waals surface area contributed by atoms with Crippen molar-refractivity contribution in [1.29, 1.82) is 0 Å². The number of benzene rings is 1. The number of nitrogens with zero attached hydrogens (tertiary/aromatic N) is 2. The van der Waals surface area contributed by atoms with E-state index in [9.17, 15) is 9.18 Å². The number of rotatable bonds is 3. The van der Waals surface area contributed by atoms with Crippen molar-refractivity contribution >= 4 is 37.6 Å². The maximum absolute atomic E-state index is 13.2. The smallest absolute Gasteiger partial charge is 0.212 e. The van der Waals surface area contributed by atoms with Gasteiger partial charge in [0.25, 0.3) is 0 Å². The summed E-state index contributed by atoms with van der Waals surface area (Å²) in [6.45, 7) is 3.88. The number of carbonyl (C=O) groups excluding carboxylic acids is 1. The van der Waals surface area contributed by atoms with Gasteiger partial charge in [-0.25, -0.2) is 4.39 Å². The van der Waals surface area contributed by atoms with Gasteiger partial charge in [0.15, 0.2) is 0 Å². The van der Waals surface area contributed by atoms with Crippen LogP contribution in [0.15, 0.2) is 33.3 Å². The maximum Gasteiger partial charge on any atom is 0.212 e. The Morgan fingerprint density at radius 2 is 2.00 bits per heavy atom. The Morgan fingerprint density at radius 3 is 2.58 bits per heavy atom. The lowest BCUT2D eigenvalue weighted by atomic mass is 10.1. The summed E-state index contributed by atoms with van der Waals surface area (Å²) in [5.74, 6) is -0.591. The van der Waals surface area contributed by atoms with Gasteiger partial charge in [0.1, 0.15) is 11.5 Å². The van der Waals surface area contributed by atoms with Crippen LogP contribution in [-0.2, 0) is 0 Å². The monoisotopic (exact) mass is 388 g/mol. The van der Waals surface area contributed by atoms with Crippen molar-refractivity contribution in [1.82, 2.24) is 9.78 Å². The van der Waals surface area contributed by atoms with E-state index in [2.05, 4.69) is 37.0 Å². The zero-order valence-electron chi connectivity index (χ0n) is 10.3. The first-order valence-electron chi connectivity index (χ1n) is 5.64. The predicted octanol–water partition coefficient (Wildman–Crippen LogP) is 4.36. The van der Waals surface area contributed by atoms with Gasteiger partial charge in [0.2, 0.25) is 5.78 Å². The van der Waals surface area contributed by atoms with Crippen molar-refractivity contribution in [2.45, 2.75) is 19.9 Å². The molecule has 2 rings (SSSR count). The molecular weight excluding hydrogens is 379 g/mol. The molecule has 0 spiro atoms. The summed E-state index contributed by atoms with van der Waals surface area (Å²) < 4.78 is 15.7. The summed E-state index contributed by atoms with van der Waals surface area (Å²) in [6, 6.07) is 4.27. The van der Waals surface area contributed by atoms with E-state index >= 15 is 0 Å². The minimum absolute atomic E-state index is 0.0640. The molecule has 0 unspecified atom stereocenters. The van der Waals surface area contributed by atoms with Crippen LogP contribution in [0.1, 0.15) is 35.9 Å². The standard InChI is InChI=1S/C13H11Br2FN2O/c1-7(2)18-12(10(15)6-17-18)13(19)8-3-4-11(16)9(14)5-8/h3-7H,1-2H3. The summed E-state index contributed by atoms with van der Waals surface area (Å²) in [6.07, 6.45) is 1.59. The van der Waals surface area contributed by atoms with Crippen molar-refractivity contribution in [3.05, 3.63) is 50.4 Å². The molecule has 0 aliphatic carbocycles. The summed E-state index contributed by atoms with van der Waals surface area (Å²) in [5, 5.41) is 4.16. The molecule has 0 atom stereocenters. The van der Waals surface area contributed by atoms with Crippen LogP contribution in [0.5, 0.6) is 0 Å². The van der Waals surface area contributed by atoms with Crippen LogP contribution >= 0.6 is 31.9 Å². The molecule has 19 heavy (non-hydrogen) atoms. The average Bonchev–Trinajstić information content (AvgIpc) is 2.74. The number of halogens is 3. The minimum Gasteiger partial charge on any atom is -0.287 e. The topological polar surface area (TPSA) is 34.9 Å². The van der Waals surface area contributed by atoms with Gasteiger partial charge in [-0.05, 0) is 63.9 Å². The maximum atomic E-state index is 13.2. The second-order valence-electron chi connectivity index (χ2n) is 4.34. The van der Waals surface area contributed by atoms with Gasteiger partial charge in [0, 0.05) is 11.6 Å². The highest BCUT2D eigenvalue weighted by Gasteiger charge is 2.21. The highest BCUT2D eigenvalue weighted by atomic mass is 79.9. The van der Waals surface area contributed by atoms with E-state index in [0.717, 1.165) is 0 Å². The van der Waals surface area contributed by atoms with Gasteiger partial charge in [-0.15, -0.1) is 0 Å². The van der Waals surface area contributed by atoms with Crippen LogP contribution in [0.2, 0.25) is 0 Å². The normalized spacial score (nSPS) is 11.1. The van der Waals surface area contributed by atoms with Gasteiger partial charge < -0.3 is 0 Å². The molecule has 0 N–H and O–H groups in total. The third kappa shape index (κ3) is 2.79. The van der Waals surface area contributed by atoms with Crippen LogP contribution in [0.4, 0.5) is 4.39 Å². The first-order valence-corrected chi connectivity index (χ1v) is 7.23. The highest BCUT2D eigenvalue weighted by Crippen LogP contribution is 2.24. The predicted molar refractivity (Wildman–Crippen MR) is 77.8 cm³/mol. The number of hydrogen-bond acceptors (Lipinski definition) is 2. The van der Waals surface area contributed by atoms with Crippen molar-refractivity contribution in [2.75, 3.05) is 0 Å². The Bertz CT molecular complexity index is 638. The van der Waals surface area contributed by atoms with Gasteiger partial charge in [-0.3, -0.25) is 9.48 Å². The second kappa shape index (κ2) is 5.54.